The first-order valence-corrected chi connectivity index (χ1v) is 7.06. The van der Waals surface area contributed by atoms with E-state index < -0.39 is 0 Å². The third kappa shape index (κ3) is 4.11. The molecule has 1 aliphatic heterocycles. The summed E-state index contributed by atoms with van der Waals surface area (Å²) in [5.41, 5.74) is 6.58. The number of anilines is 1. The molecule has 0 radical (unpaired) electrons. The third-order valence-corrected chi connectivity index (χ3v) is 3.74. The molecular weight excluding hydrogens is 238 g/mol. The standard InChI is InChI=1S/C15H25N3O/c1-13-12-17(2)8-5-9-18(13)10-11-19-15-7-4-3-6-14(15)16/h3-4,6-7,13H,5,8-12,16H2,1-2H3. The number of hydrogen-bond donors (Lipinski definition) is 1. The van der Waals surface area contributed by atoms with E-state index in [1.54, 1.807) is 0 Å². The summed E-state index contributed by atoms with van der Waals surface area (Å²) >= 11 is 0. The predicted molar refractivity (Wildman–Crippen MR) is 79.5 cm³/mol. The van der Waals surface area contributed by atoms with Gasteiger partial charge in [-0.3, -0.25) is 4.90 Å². The molecule has 0 aromatic heterocycles. The molecule has 1 heterocycles. The highest BCUT2D eigenvalue weighted by molar-refractivity contribution is 5.51. The number of rotatable bonds is 4. The van der Waals surface area contributed by atoms with Crippen molar-refractivity contribution in [2.45, 2.75) is 19.4 Å². The highest BCUT2D eigenvalue weighted by Gasteiger charge is 2.19. The highest BCUT2D eigenvalue weighted by Crippen LogP contribution is 2.19. The van der Waals surface area contributed by atoms with Crippen molar-refractivity contribution in [3.8, 4) is 5.75 Å². The molecular formula is C15H25N3O. The van der Waals surface area contributed by atoms with Crippen LogP contribution >= 0.6 is 0 Å². The number of para-hydroxylation sites is 2. The van der Waals surface area contributed by atoms with Crippen LogP contribution < -0.4 is 10.5 Å². The Morgan fingerprint density at radius 3 is 2.89 bits per heavy atom. The molecule has 1 unspecified atom stereocenters. The topological polar surface area (TPSA) is 41.7 Å². The molecule has 1 atom stereocenters. The first-order chi connectivity index (χ1) is 9.16. The van der Waals surface area contributed by atoms with E-state index in [2.05, 4.69) is 23.8 Å². The van der Waals surface area contributed by atoms with E-state index in [1.165, 1.54) is 13.0 Å². The van der Waals surface area contributed by atoms with Gasteiger partial charge in [-0.2, -0.15) is 0 Å². The fourth-order valence-corrected chi connectivity index (χ4v) is 2.64. The van der Waals surface area contributed by atoms with Crippen molar-refractivity contribution >= 4 is 5.69 Å². The van der Waals surface area contributed by atoms with Crippen molar-refractivity contribution in [3.05, 3.63) is 24.3 Å². The Balaban J connectivity index is 1.80. The maximum atomic E-state index is 5.87. The molecule has 0 aliphatic carbocycles. The summed E-state index contributed by atoms with van der Waals surface area (Å²) in [5, 5.41) is 0. The quantitative estimate of drug-likeness (QED) is 0.839. The van der Waals surface area contributed by atoms with E-state index in [-0.39, 0.29) is 0 Å². The number of nitrogens with two attached hydrogens (primary N) is 1. The van der Waals surface area contributed by atoms with Crippen LogP contribution in [-0.2, 0) is 0 Å². The number of benzene rings is 1. The highest BCUT2D eigenvalue weighted by atomic mass is 16.5. The van der Waals surface area contributed by atoms with Crippen LogP contribution in [0.5, 0.6) is 5.75 Å². The second kappa shape index (κ2) is 6.78. The molecule has 4 heteroatoms. The van der Waals surface area contributed by atoms with Crippen LogP contribution in [0.3, 0.4) is 0 Å². The number of nitrogens with zero attached hydrogens (tertiary/aromatic N) is 2. The van der Waals surface area contributed by atoms with Gasteiger partial charge in [0.15, 0.2) is 0 Å². The van der Waals surface area contributed by atoms with Crippen LogP contribution in [0.25, 0.3) is 0 Å². The van der Waals surface area contributed by atoms with Gasteiger partial charge in [-0.25, -0.2) is 0 Å². The van der Waals surface area contributed by atoms with Gasteiger partial charge in [0.05, 0.1) is 5.69 Å². The molecule has 2 rings (SSSR count). The average molecular weight is 263 g/mol. The molecule has 2 N–H and O–H groups in total. The first kappa shape index (κ1) is 14.2. The lowest BCUT2D eigenvalue weighted by Gasteiger charge is -2.27. The first-order valence-electron chi connectivity index (χ1n) is 7.06. The van der Waals surface area contributed by atoms with Gasteiger partial charge in [-0.1, -0.05) is 12.1 Å². The van der Waals surface area contributed by atoms with Crippen LogP contribution in [0.15, 0.2) is 24.3 Å². The summed E-state index contributed by atoms with van der Waals surface area (Å²) in [5.74, 6) is 0.794. The van der Waals surface area contributed by atoms with E-state index in [1.807, 2.05) is 24.3 Å². The van der Waals surface area contributed by atoms with Gasteiger partial charge in [-0.05, 0) is 45.6 Å². The van der Waals surface area contributed by atoms with E-state index in [0.29, 0.717) is 18.3 Å². The Morgan fingerprint density at radius 2 is 2.11 bits per heavy atom. The minimum Gasteiger partial charge on any atom is -0.490 e. The molecule has 1 saturated heterocycles. The second-order valence-electron chi connectivity index (χ2n) is 5.39. The maximum Gasteiger partial charge on any atom is 0.142 e. The number of hydrogen-bond acceptors (Lipinski definition) is 4. The molecule has 0 bridgehead atoms. The lowest BCUT2D eigenvalue weighted by Crippen LogP contribution is -2.40. The predicted octanol–water partition coefficient (Wildman–Crippen LogP) is 1.67. The molecule has 1 aliphatic rings. The zero-order valence-electron chi connectivity index (χ0n) is 12.0. The zero-order chi connectivity index (χ0) is 13.7. The van der Waals surface area contributed by atoms with Gasteiger partial charge in [0.2, 0.25) is 0 Å². The van der Waals surface area contributed by atoms with Gasteiger partial charge < -0.3 is 15.4 Å². The van der Waals surface area contributed by atoms with Crippen molar-refractivity contribution in [1.82, 2.24) is 9.80 Å². The SMILES string of the molecule is CC1CN(C)CCCN1CCOc1ccccc1N. The van der Waals surface area contributed by atoms with Crippen molar-refractivity contribution in [1.29, 1.82) is 0 Å². The van der Waals surface area contributed by atoms with Gasteiger partial charge in [0.1, 0.15) is 12.4 Å². The molecule has 1 fully saturated rings. The Kier molecular flexibility index (Phi) is 5.05. The van der Waals surface area contributed by atoms with Crippen molar-refractivity contribution in [3.63, 3.8) is 0 Å². The average Bonchev–Trinajstić information content (AvgIpc) is 2.53. The minimum absolute atomic E-state index is 0.587. The van der Waals surface area contributed by atoms with Gasteiger partial charge in [0, 0.05) is 19.1 Å². The second-order valence-corrected chi connectivity index (χ2v) is 5.39. The summed E-state index contributed by atoms with van der Waals surface area (Å²) in [7, 11) is 2.20. The Labute approximate surface area is 116 Å². The molecule has 0 saturated carbocycles. The molecule has 1 aromatic carbocycles. The van der Waals surface area contributed by atoms with Crippen LogP contribution in [0.1, 0.15) is 13.3 Å². The summed E-state index contributed by atoms with van der Waals surface area (Å²) in [6, 6.07) is 8.27. The normalized spacial score (nSPS) is 22.1. The van der Waals surface area contributed by atoms with Crippen LogP contribution in [0.4, 0.5) is 5.69 Å². The van der Waals surface area contributed by atoms with Crippen molar-refractivity contribution in [2.24, 2.45) is 0 Å². The zero-order valence-corrected chi connectivity index (χ0v) is 12.0. The Hall–Kier alpha value is -1.26. The van der Waals surface area contributed by atoms with Crippen LogP contribution in [0.2, 0.25) is 0 Å². The molecule has 0 amide bonds. The molecule has 19 heavy (non-hydrogen) atoms. The number of ether oxygens (including phenoxy) is 1. The summed E-state index contributed by atoms with van der Waals surface area (Å²) < 4.78 is 5.78. The lowest BCUT2D eigenvalue weighted by atomic mass is 10.2. The smallest absolute Gasteiger partial charge is 0.142 e. The summed E-state index contributed by atoms with van der Waals surface area (Å²) in [4.78, 5) is 4.91. The Bertz CT molecular complexity index is 397. The summed E-state index contributed by atoms with van der Waals surface area (Å²) in [6.07, 6.45) is 1.23. The van der Waals surface area contributed by atoms with E-state index >= 15 is 0 Å². The maximum absolute atomic E-state index is 5.87. The molecule has 4 nitrogen and oxygen atoms in total. The van der Waals surface area contributed by atoms with E-state index in [9.17, 15) is 0 Å². The van der Waals surface area contributed by atoms with Gasteiger partial charge in [0.25, 0.3) is 0 Å². The number of likely N-dealkylation sites (N-methyl/N-ethyl adjacent to an activating group) is 1. The largest absolute Gasteiger partial charge is 0.490 e. The van der Waals surface area contributed by atoms with Gasteiger partial charge in [-0.15, -0.1) is 0 Å². The molecule has 0 spiro atoms. The fraction of sp³-hybridized carbons (Fsp3) is 0.600. The van der Waals surface area contributed by atoms with E-state index in [0.717, 1.165) is 25.4 Å². The molecule has 106 valence electrons. The van der Waals surface area contributed by atoms with Gasteiger partial charge >= 0.3 is 0 Å². The lowest BCUT2D eigenvalue weighted by molar-refractivity contribution is 0.166. The van der Waals surface area contributed by atoms with E-state index in [4.69, 9.17) is 10.5 Å². The van der Waals surface area contributed by atoms with Crippen molar-refractivity contribution < 1.29 is 4.74 Å². The Morgan fingerprint density at radius 1 is 1.32 bits per heavy atom. The monoisotopic (exact) mass is 263 g/mol. The third-order valence-electron chi connectivity index (χ3n) is 3.74. The van der Waals surface area contributed by atoms with Crippen LogP contribution in [-0.4, -0.2) is 55.7 Å². The fourth-order valence-electron chi connectivity index (χ4n) is 2.64. The molecule has 1 aromatic rings. The number of nitrogen functional groups attached to an aromatic ring is 1. The minimum atomic E-state index is 0.587. The van der Waals surface area contributed by atoms with Crippen molar-refractivity contribution in [2.75, 3.05) is 45.6 Å². The summed E-state index contributed by atoms with van der Waals surface area (Å²) in [6.45, 7) is 7.42. The van der Waals surface area contributed by atoms with Crippen LogP contribution in [0, 0.1) is 0 Å².